The molecule has 0 saturated carbocycles. The first-order valence-electron chi connectivity index (χ1n) is 6.44. The van der Waals surface area contributed by atoms with Crippen molar-refractivity contribution in [2.75, 3.05) is 0 Å². The van der Waals surface area contributed by atoms with Crippen LogP contribution < -0.4 is 0 Å². The zero-order valence-corrected chi connectivity index (χ0v) is 11.1. The SMILES string of the molecule is CCc1nc2cccc(C(=O)O)c2n1CCC(C)O. The van der Waals surface area contributed by atoms with E-state index in [1.807, 2.05) is 17.6 Å². The van der Waals surface area contributed by atoms with Gasteiger partial charge < -0.3 is 14.8 Å². The smallest absolute Gasteiger partial charge is 0.337 e. The predicted octanol–water partition coefficient (Wildman–Crippen LogP) is 2.07. The molecule has 0 spiro atoms. The van der Waals surface area contributed by atoms with E-state index in [9.17, 15) is 15.0 Å². The maximum Gasteiger partial charge on any atom is 0.337 e. The van der Waals surface area contributed by atoms with Gasteiger partial charge in [0.05, 0.1) is 22.7 Å². The number of carboxylic acid groups (broad SMARTS) is 1. The van der Waals surface area contributed by atoms with E-state index in [4.69, 9.17) is 0 Å². The number of para-hydroxylation sites is 1. The van der Waals surface area contributed by atoms with Crippen molar-refractivity contribution in [3.05, 3.63) is 29.6 Å². The summed E-state index contributed by atoms with van der Waals surface area (Å²) in [5.41, 5.74) is 1.60. The summed E-state index contributed by atoms with van der Waals surface area (Å²) in [7, 11) is 0. The normalized spacial score (nSPS) is 12.8. The molecular weight excluding hydrogens is 244 g/mol. The molecule has 0 aliphatic carbocycles. The second-order valence-corrected chi connectivity index (χ2v) is 4.65. The van der Waals surface area contributed by atoms with E-state index in [1.165, 1.54) is 0 Å². The number of aryl methyl sites for hydroxylation is 2. The van der Waals surface area contributed by atoms with E-state index in [2.05, 4.69) is 4.98 Å². The van der Waals surface area contributed by atoms with Crippen molar-refractivity contribution in [1.82, 2.24) is 9.55 Å². The number of benzene rings is 1. The van der Waals surface area contributed by atoms with Crippen molar-refractivity contribution in [2.24, 2.45) is 0 Å². The van der Waals surface area contributed by atoms with Crippen molar-refractivity contribution in [3.8, 4) is 0 Å². The van der Waals surface area contributed by atoms with E-state index in [0.717, 1.165) is 12.2 Å². The Kier molecular flexibility index (Phi) is 3.85. The van der Waals surface area contributed by atoms with Crippen LogP contribution in [0.25, 0.3) is 11.0 Å². The number of imidazole rings is 1. The number of aliphatic hydroxyl groups is 1. The number of aromatic nitrogens is 2. The third-order valence-corrected chi connectivity index (χ3v) is 3.16. The molecule has 1 aromatic carbocycles. The quantitative estimate of drug-likeness (QED) is 0.865. The summed E-state index contributed by atoms with van der Waals surface area (Å²) < 4.78 is 1.91. The summed E-state index contributed by atoms with van der Waals surface area (Å²) in [6, 6.07) is 5.11. The van der Waals surface area contributed by atoms with Crippen LogP contribution >= 0.6 is 0 Å². The number of rotatable bonds is 5. The van der Waals surface area contributed by atoms with Crippen LogP contribution in [0.5, 0.6) is 0 Å². The molecule has 1 aromatic heterocycles. The van der Waals surface area contributed by atoms with Crippen LogP contribution in [0.15, 0.2) is 18.2 Å². The molecule has 0 radical (unpaired) electrons. The second kappa shape index (κ2) is 5.40. The van der Waals surface area contributed by atoms with Crippen molar-refractivity contribution in [2.45, 2.75) is 39.3 Å². The number of aromatic carboxylic acids is 1. The van der Waals surface area contributed by atoms with Crippen LogP contribution in [0.1, 0.15) is 36.5 Å². The molecule has 2 rings (SSSR count). The fourth-order valence-corrected chi connectivity index (χ4v) is 2.23. The summed E-state index contributed by atoms with van der Waals surface area (Å²) in [5, 5.41) is 18.7. The lowest BCUT2D eigenvalue weighted by atomic mass is 10.2. The average Bonchev–Trinajstić information content (AvgIpc) is 2.73. The number of aliphatic hydroxyl groups excluding tert-OH is 1. The number of hydrogen-bond acceptors (Lipinski definition) is 3. The monoisotopic (exact) mass is 262 g/mol. The van der Waals surface area contributed by atoms with Gasteiger partial charge in [-0.3, -0.25) is 0 Å². The minimum atomic E-state index is -0.952. The van der Waals surface area contributed by atoms with Gasteiger partial charge in [0, 0.05) is 13.0 Å². The van der Waals surface area contributed by atoms with E-state index < -0.39 is 12.1 Å². The van der Waals surface area contributed by atoms with Gasteiger partial charge in [-0.25, -0.2) is 9.78 Å². The number of carbonyl (C=O) groups is 1. The van der Waals surface area contributed by atoms with Crippen molar-refractivity contribution in [1.29, 1.82) is 0 Å². The minimum Gasteiger partial charge on any atom is -0.478 e. The molecule has 5 heteroatoms. The van der Waals surface area contributed by atoms with E-state index >= 15 is 0 Å². The maximum atomic E-state index is 11.3. The molecule has 0 fully saturated rings. The van der Waals surface area contributed by atoms with Gasteiger partial charge in [-0.05, 0) is 25.5 Å². The first-order chi connectivity index (χ1) is 9.04. The Labute approximate surface area is 111 Å². The number of fused-ring (bicyclic) bond motifs is 1. The Morgan fingerprint density at radius 1 is 1.47 bits per heavy atom. The highest BCUT2D eigenvalue weighted by molar-refractivity contribution is 6.01. The van der Waals surface area contributed by atoms with Crippen LogP contribution in [-0.4, -0.2) is 31.8 Å². The van der Waals surface area contributed by atoms with Gasteiger partial charge in [-0.2, -0.15) is 0 Å². The van der Waals surface area contributed by atoms with Crippen LogP contribution in [0, 0.1) is 0 Å². The zero-order valence-electron chi connectivity index (χ0n) is 11.1. The molecule has 2 aromatic rings. The lowest BCUT2D eigenvalue weighted by Crippen LogP contribution is -2.11. The first-order valence-corrected chi connectivity index (χ1v) is 6.44. The molecule has 0 aliphatic rings. The summed E-state index contributed by atoms with van der Waals surface area (Å²) in [6.45, 7) is 4.28. The number of nitrogens with zero attached hydrogens (tertiary/aromatic N) is 2. The first kappa shape index (κ1) is 13.5. The molecule has 0 amide bonds. The minimum absolute atomic E-state index is 0.260. The third kappa shape index (κ3) is 2.61. The van der Waals surface area contributed by atoms with Crippen LogP contribution in [-0.2, 0) is 13.0 Å². The molecule has 1 heterocycles. The Bertz CT molecular complexity index is 602. The average molecular weight is 262 g/mol. The zero-order chi connectivity index (χ0) is 14.0. The van der Waals surface area contributed by atoms with Crippen molar-refractivity contribution in [3.63, 3.8) is 0 Å². The van der Waals surface area contributed by atoms with Crippen LogP contribution in [0.2, 0.25) is 0 Å². The maximum absolute atomic E-state index is 11.3. The Morgan fingerprint density at radius 2 is 2.21 bits per heavy atom. The highest BCUT2D eigenvalue weighted by Gasteiger charge is 2.16. The third-order valence-electron chi connectivity index (χ3n) is 3.16. The van der Waals surface area contributed by atoms with Gasteiger partial charge >= 0.3 is 5.97 Å². The van der Waals surface area contributed by atoms with Gasteiger partial charge in [0.25, 0.3) is 0 Å². The van der Waals surface area contributed by atoms with Gasteiger partial charge in [0.2, 0.25) is 0 Å². The van der Waals surface area contributed by atoms with E-state index in [1.54, 1.807) is 19.1 Å². The molecule has 5 nitrogen and oxygen atoms in total. The summed E-state index contributed by atoms with van der Waals surface area (Å²) >= 11 is 0. The molecule has 1 atom stereocenters. The molecule has 0 bridgehead atoms. The fourth-order valence-electron chi connectivity index (χ4n) is 2.23. The second-order valence-electron chi connectivity index (χ2n) is 4.65. The van der Waals surface area contributed by atoms with Crippen LogP contribution in [0.4, 0.5) is 0 Å². The molecule has 102 valence electrons. The predicted molar refractivity (Wildman–Crippen MR) is 72.4 cm³/mol. The van der Waals surface area contributed by atoms with Crippen LogP contribution in [0.3, 0.4) is 0 Å². The summed E-state index contributed by atoms with van der Waals surface area (Å²) in [5.74, 6) is -0.101. The standard InChI is InChI=1S/C14H18N2O3/c1-3-12-15-11-6-4-5-10(14(18)19)13(11)16(12)8-7-9(2)17/h4-6,9,17H,3,7-8H2,1-2H3,(H,18,19). The van der Waals surface area contributed by atoms with Gasteiger partial charge in [-0.15, -0.1) is 0 Å². The molecule has 0 saturated heterocycles. The summed E-state index contributed by atoms with van der Waals surface area (Å²) in [4.78, 5) is 15.8. The van der Waals surface area contributed by atoms with Gasteiger partial charge in [0.15, 0.2) is 0 Å². The highest BCUT2D eigenvalue weighted by atomic mass is 16.4. The lowest BCUT2D eigenvalue weighted by Gasteiger charge is -2.10. The lowest BCUT2D eigenvalue weighted by molar-refractivity contribution is 0.0698. The van der Waals surface area contributed by atoms with E-state index in [0.29, 0.717) is 24.0 Å². The Balaban J connectivity index is 2.60. The Morgan fingerprint density at radius 3 is 2.79 bits per heavy atom. The topological polar surface area (TPSA) is 75.3 Å². The molecule has 2 N–H and O–H groups in total. The highest BCUT2D eigenvalue weighted by Crippen LogP contribution is 2.22. The molecule has 19 heavy (non-hydrogen) atoms. The molecule has 1 unspecified atom stereocenters. The molecular formula is C14H18N2O3. The van der Waals surface area contributed by atoms with Gasteiger partial charge in [-0.1, -0.05) is 13.0 Å². The molecule has 0 aliphatic heterocycles. The number of carboxylic acids is 1. The summed E-state index contributed by atoms with van der Waals surface area (Å²) in [6.07, 6.45) is 0.888. The largest absolute Gasteiger partial charge is 0.478 e. The van der Waals surface area contributed by atoms with Gasteiger partial charge in [0.1, 0.15) is 5.82 Å². The number of hydrogen-bond donors (Lipinski definition) is 2. The Hall–Kier alpha value is -1.88. The van der Waals surface area contributed by atoms with Crippen molar-refractivity contribution < 1.29 is 15.0 Å². The van der Waals surface area contributed by atoms with Crippen molar-refractivity contribution >= 4 is 17.0 Å². The van der Waals surface area contributed by atoms with E-state index in [-0.39, 0.29) is 5.56 Å². The fraction of sp³-hybridized carbons (Fsp3) is 0.429.